The maximum absolute atomic E-state index is 9.82. The van der Waals surface area contributed by atoms with Crippen molar-refractivity contribution >= 4 is 10.8 Å². The largest absolute Gasteiger partial charge is 0.462 e. The van der Waals surface area contributed by atoms with Crippen molar-refractivity contribution in [1.82, 2.24) is 0 Å². The van der Waals surface area contributed by atoms with E-state index in [-0.39, 0.29) is 6.61 Å². The summed E-state index contributed by atoms with van der Waals surface area (Å²) >= 11 is 0. The molecule has 3 N–H and O–H groups in total. The lowest BCUT2D eigenvalue weighted by molar-refractivity contribution is -0.242. The summed E-state index contributed by atoms with van der Waals surface area (Å²) in [4.78, 5) is 0. The average Bonchev–Trinajstić information content (AvgIpc) is 2.48. The van der Waals surface area contributed by atoms with E-state index >= 15 is 0 Å². The van der Waals surface area contributed by atoms with Gasteiger partial charge in [0, 0.05) is 0 Å². The molecule has 0 aliphatic carbocycles. The van der Waals surface area contributed by atoms with Gasteiger partial charge in [-0.2, -0.15) is 0 Å². The summed E-state index contributed by atoms with van der Waals surface area (Å²) in [5.74, 6) is 0.538. The second-order valence-corrected chi connectivity index (χ2v) is 4.88. The second kappa shape index (κ2) is 5.38. The minimum atomic E-state index is -1.29. The van der Waals surface area contributed by atoms with Gasteiger partial charge in [-0.1, -0.05) is 30.3 Å². The van der Waals surface area contributed by atoms with Crippen LogP contribution in [0.25, 0.3) is 10.8 Å². The molecule has 20 heavy (non-hydrogen) atoms. The molecule has 5 nitrogen and oxygen atoms in total. The monoisotopic (exact) mass is 276 g/mol. The highest BCUT2D eigenvalue weighted by molar-refractivity contribution is 5.83. The lowest BCUT2D eigenvalue weighted by Gasteiger charge is -2.34. The quantitative estimate of drug-likeness (QED) is 0.751. The molecule has 0 bridgehead atoms. The zero-order chi connectivity index (χ0) is 14.1. The Morgan fingerprint density at radius 2 is 1.70 bits per heavy atom. The minimum absolute atomic E-state index is 0.0729. The number of aliphatic hydroxyl groups excluding tert-OH is 3. The van der Waals surface area contributed by atoms with Crippen LogP contribution in [0.15, 0.2) is 42.5 Å². The summed E-state index contributed by atoms with van der Waals surface area (Å²) in [6, 6.07) is 13.3. The third-order valence-corrected chi connectivity index (χ3v) is 3.43. The number of hydrogen-bond acceptors (Lipinski definition) is 5. The molecule has 3 rings (SSSR count). The van der Waals surface area contributed by atoms with Gasteiger partial charge in [-0.25, -0.2) is 0 Å². The Balaban J connectivity index is 1.79. The van der Waals surface area contributed by atoms with Gasteiger partial charge in [-0.05, 0) is 22.9 Å². The summed E-state index contributed by atoms with van der Waals surface area (Å²) in [7, 11) is 0. The zero-order valence-corrected chi connectivity index (χ0v) is 10.7. The molecule has 0 unspecified atom stereocenters. The fourth-order valence-corrected chi connectivity index (χ4v) is 2.26. The van der Waals surface area contributed by atoms with Crippen LogP contribution in [-0.4, -0.2) is 46.5 Å². The highest BCUT2D eigenvalue weighted by atomic mass is 16.7. The zero-order valence-electron chi connectivity index (χ0n) is 10.7. The summed E-state index contributed by atoms with van der Waals surface area (Å²) in [5.41, 5.74) is 0. The second-order valence-electron chi connectivity index (χ2n) is 4.88. The van der Waals surface area contributed by atoms with Crippen LogP contribution in [0.1, 0.15) is 0 Å². The average molecular weight is 276 g/mol. The van der Waals surface area contributed by atoms with Crippen LogP contribution in [0.4, 0.5) is 0 Å². The fraction of sp³-hybridized carbons (Fsp3) is 0.333. The maximum atomic E-state index is 9.82. The first-order valence-corrected chi connectivity index (χ1v) is 6.46. The van der Waals surface area contributed by atoms with E-state index in [0.29, 0.717) is 5.75 Å². The van der Waals surface area contributed by atoms with Crippen molar-refractivity contribution in [2.75, 3.05) is 6.61 Å². The summed E-state index contributed by atoms with van der Waals surface area (Å²) in [5, 5.41) is 30.9. The topological polar surface area (TPSA) is 79.2 Å². The highest BCUT2D eigenvalue weighted by Crippen LogP contribution is 2.24. The Morgan fingerprint density at radius 1 is 0.950 bits per heavy atom. The van der Waals surface area contributed by atoms with Gasteiger partial charge in [0.05, 0.1) is 6.61 Å². The maximum Gasteiger partial charge on any atom is 0.228 e. The molecule has 1 aliphatic heterocycles. The van der Waals surface area contributed by atoms with Gasteiger partial charge in [-0.3, -0.25) is 0 Å². The predicted octanol–water partition coefficient (Wildman–Crippen LogP) is 0.658. The third kappa shape index (κ3) is 2.48. The van der Waals surface area contributed by atoms with Gasteiger partial charge in [0.15, 0.2) is 0 Å². The van der Waals surface area contributed by atoms with E-state index in [1.54, 1.807) is 6.07 Å². The van der Waals surface area contributed by atoms with Crippen LogP contribution in [-0.2, 0) is 4.74 Å². The molecule has 0 amide bonds. The molecular formula is C15H16O5. The molecule has 0 radical (unpaired) electrons. The lowest BCUT2D eigenvalue weighted by atomic mass is 10.1. The van der Waals surface area contributed by atoms with Crippen molar-refractivity contribution in [2.45, 2.75) is 24.6 Å². The van der Waals surface area contributed by atoms with Crippen LogP contribution >= 0.6 is 0 Å². The van der Waals surface area contributed by atoms with Crippen LogP contribution in [0.2, 0.25) is 0 Å². The Morgan fingerprint density at radius 3 is 2.50 bits per heavy atom. The Labute approximate surface area is 116 Å². The molecule has 0 spiro atoms. The molecule has 1 fully saturated rings. The number of benzene rings is 2. The number of ether oxygens (including phenoxy) is 2. The summed E-state index contributed by atoms with van der Waals surface area (Å²) in [6.45, 7) is -0.0729. The van der Waals surface area contributed by atoms with Gasteiger partial charge in [0.25, 0.3) is 0 Å². The van der Waals surface area contributed by atoms with Gasteiger partial charge in [0.1, 0.15) is 24.1 Å². The van der Waals surface area contributed by atoms with Crippen molar-refractivity contribution in [1.29, 1.82) is 0 Å². The Kier molecular flexibility index (Phi) is 3.58. The molecule has 106 valence electrons. The molecule has 0 aromatic heterocycles. The molecule has 2 aromatic rings. The van der Waals surface area contributed by atoms with Gasteiger partial charge in [0.2, 0.25) is 6.29 Å². The van der Waals surface area contributed by atoms with E-state index in [0.717, 1.165) is 10.8 Å². The van der Waals surface area contributed by atoms with Gasteiger partial charge < -0.3 is 24.8 Å². The normalized spacial score (nSPS) is 30.4. The van der Waals surface area contributed by atoms with E-state index in [1.165, 1.54) is 0 Å². The van der Waals surface area contributed by atoms with Crippen molar-refractivity contribution in [3.8, 4) is 5.75 Å². The molecule has 0 saturated carbocycles. The first-order valence-electron chi connectivity index (χ1n) is 6.46. The van der Waals surface area contributed by atoms with E-state index in [4.69, 9.17) is 9.47 Å². The van der Waals surface area contributed by atoms with Crippen LogP contribution in [0, 0.1) is 0 Å². The Bertz CT molecular complexity index is 600. The third-order valence-electron chi connectivity index (χ3n) is 3.43. The SMILES string of the molecule is O[C@@H]1[C@@H](O)[C@H](Oc2ccc3ccccc3c2)OC[C@@H]1O. The number of hydrogen-bond donors (Lipinski definition) is 3. The number of aliphatic hydroxyl groups is 3. The van der Waals surface area contributed by atoms with Crippen LogP contribution in [0.5, 0.6) is 5.75 Å². The first-order chi connectivity index (χ1) is 9.65. The Hall–Kier alpha value is -1.66. The standard InChI is InChI=1S/C15H16O5/c16-12-8-19-15(14(18)13(12)17)20-11-6-5-9-3-1-2-4-10(9)7-11/h1-7,12-18H,8H2/t12-,13-,14+,15-/m0/s1. The summed E-state index contributed by atoms with van der Waals surface area (Å²) < 4.78 is 10.8. The van der Waals surface area contributed by atoms with Crippen molar-refractivity contribution < 1.29 is 24.8 Å². The molecular weight excluding hydrogens is 260 g/mol. The highest BCUT2D eigenvalue weighted by Gasteiger charge is 2.38. The molecule has 4 atom stereocenters. The minimum Gasteiger partial charge on any atom is -0.462 e. The predicted molar refractivity (Wildman–Crippen MR) is 72.3 cm³/mol. The van der Waals surface area contributed by atoms with Crippen molar-refractivity contribution in [3.63, 3.8) is 0 Å². The number of rotatable bonds is 2. The van der Waals surface area contributed by atoms with E-state index in [9.17, 15) is 15.3 Å². The van der Waals surface area contributed by atoms with Crippen LogP contribution in [0.3, 0.4) is 0 Å². The smallest absolute Gasteiger partial charge is 0.228 e. The number of fused-ring (bicyclic) bond motifs is 1. The van der Waals surface area contributed by atoms with E-state index in [2.05, 4.69) is 0 Å². The molecule has 5 heteroatoms. The van der Waals surface area contributed by atoms with E-state index in [1.807, 2.05) is 36.4 Å². The van der Waals surface area contributed by atoms with Crippen LogP contribution < -0.4 is 4.74 Å². The molecule has 1 aliphatic rings. The molecule has 2 aromatic carbocycles. The van der Waals surface area contributed by atoms with Crippen molar-refractivity contribution in [3.05, 3.63) is 42.5 Å². The van der Waals surface area contributed by atoms with Crippen molar-refractivity contribution in [2.24, 2.45) is 0 Å². The molecule has 1 saturated heterocycles. The van der Waals surface area contributed by atoms with Gasteiger partial charge >= 0.3 is 0 Å². The van der Waals surface area contributed by atoms with E-state index < -0.39 is 24.6 Å². The fourth-order valence-electron chi connectivity index (χ4n) is 2.26. The lowest BCUT2D eigenvalue weighted by Crippen LogP contribution is -2.54. The first kappa shape index (κ1) is 13.3. The molecule has 1 heterocycles. The summed E-state index contributed by atoms with van der Waals surface area (Å²) in [6.07, 6.45) is -4.64. The van der Waals surface area contributed by atoms with Gasteiger partial charge in [-0.15, -0.1) is 0 Å².